The number of nitrogens with zero attached hydrogens (tertiary/aromatic N) is 4. The van der Waals surface area contributed by atoms with Crippen LogP contribution in [0.1, 0.15) is 47.2 Å². The molecule has 3 heterocycles. The van der Waals surface area contributed by atoms with E-state index in [0.717, 1.165) is 22.4 Å². The van der Waals surface area contributed by atoms with Gasteiger partial charge in [0.15, 0.2) is 17.5 Å². The van der Waals surface area contributed by atoms with Gasteiger partial charge in [0.25, 0.3) is 0 Å². The lowest BCUT2D eigenvalue weighted by atomic mass is 9.67. The van der Waals surface area contributed by atoms with Crippen LogP contribution in [0.4, 0.5) is 17.1 Å². The number of hydrogen-bond acceptors (Lipinski definition) is 5. The third-order valence-electron chi connectivity index (χ3n) is 12.8. The molecule has 60 heavy (non-hydrogen) atoms. The highest BCUT2D eigenvalue weighted by Crippen LogP contribution is 2.63. The number of rotatable bonds is 4. The quantitative estimate of drug-likeness (QED) is 0.178. The number of aromatic nitrogens is 3. The lowest BCUT2D eigenvalue weighted by Gasteiger charge is -2.42. The average molecular weight is 787 g/mol. The number of benzene rings is 8. The molecule has 1 aliphatic carbocycles. The summed E-state index contributed by atoms with van der Waals surface area (Å²) in [4.78, 5) is 20.6. The van der Waals surface area contributed by atoms with Gasteiger partial charge in [0.05, 0.1) is 16.8 Å². The molecule has 0 radical (unpaired) electrons. The van der Waals surface area contributed by atoms with Crippen LogP contribution >= 0.6 is 11.8 Å². The fourth-order valence-electron chi connectivity index (χ4n) is 10.1. The SMILES string of the molecule is CC1(C)c2ccccc2N(c2ccc(-c3nc(-c4ccccc4)nc(-c4cccc5c4Sc4ccccc4C54c5ccccc5-c5ccccc54)n3)cc2)c2ccccc21. The van der Waals surface area contributed by atoms with Crippen LogP contribution in [-0.4, -0.2) is 15.0 Å². The second-order valence-electron chi connectivity index (χ2n) is 16.3. The maximum Gasteiger partial charge on any atom is 0.165 e. The van der Waals surface area contributed by atoms with E-state index in [4.69, 9.17) is 15.0 Å². The molecule has 1 spiro atoms. The zero-order valence-electron chi connectivity index (χ0n) is 33.2. The van der Waals surface area contributed by atoms with Crippen LogP contribution in [0.3, 0.4) is 0 Å². The molecule has 2 aliphatic heterocycles. The maximum atomic E-state index is 5.35. The number of anilines is 3. The lowest BCUT2D eigenvalue weighted by Crippen LogP contribution is -2.32. The Morgan fingerprint density at radius 3 is 1.48 bits per heavy atom. The first-order valence-electron chi connectivity index (χ1n) is 20.5. The van der Waals surface area contributed by atoms with Crippen molar-refractivity contribution in [3.05, 3.63) is 228 Å². The van der Waals surface area contributed by atoms with Crippen molar-refractivity contribution in [2.24, 2.45) is 0 Å². The van der Waals surface area contributed by atoms with E-state index in [9.17, 15) is 0 Å². The first-order valence-corrected chi connectivity index (χ1v) is 21.4. The molecule has 0 amide bonds. The molecule has 0 saturated carbocycles. The van der Waals surface area contributed by atoms with Crippen LogP contribution in [0.2, 0.25) is 0 Å². The Hall–Kier alpha value is -7.08. The molecule has 0 N–H and O–H groups in total. The highest BCUT2D eigenvalue weighted by atomic mass is 32.2. The Morgan fingerprint density at radius 1 is 0.383 bits per heavy atom. The van der Waals surface area contributed by atoms with Crippen molar-refractivity contribution in [3.63, 3.8) is 0 Å². The Bertz CT molecular complexity index is 3080. The molecule has 0 atom stereocenters. The van der Waals surface area contributed by atoms with Crippen LogP contribution in [0, 0.1) is 0 Å². The second-order valence-corrected chi connectivity index (χ2v) is 17.4. The standard InChI is InChI=1S/C55H38N4S/c1-54(2)43-24-10-13-28-47(43)59(48-29-14-11-25-44(48)54)37-33-31-36(32-34-37)52-56-51(35-17-4-3-5-18-35)57-53(58-52)40-21-16-27-46-50(40)60-49-30-15-12-26-45(49)55(46)41-22-8-6-19-38(41)39-20-7-9-23-42(39)55/h3-34H,1-2H3. The van der Waals surface area contributed by atoms with E-state index in [0.29, 0.717) is 17.5 Å². The van der Waals surface area contributed by atoms with Gasteiger partial charge in [-0.05, 0) is 87.0 Å². The Kier molecular flexibility index (Phi) is 7.69. The molecule has 0 bridgehead atoms. The summed E-state index contributed by atoms with van der Waals surface area (Å²) in [6, 6.07) is 70.0. The van der Waals surface area contributed by atoms with E-state index < -0.39 is 5.41 Å². The lowest BCUT2D eigenvalue weighted by molar-refractivity contribution is 0.632. The van der Waals surface area contributed by atoms with E-state index in [2.05, 4.69) is 195 Å². The van der Waals surface area contributed by atoms with E-state index in [-0.39, 0.29) is 5.41 Å². The largest absolute Gasteiger partial charge is 0.310 e. The summed E-state index contributed by atoms with van der Waals surface area (Å²) >= 11 is 1.82. The summed E-state index contributed by atoms with van der Waals surface area (Å²) in [6.45, 7) is 4.64. The Balaban J connectivity index is 1.04. The first-order chi connectivity index (χ1) is 29.5. The van der Waals surface area contributed by atoms with Crippen molar-refractivity contribution in [1.82, 2.24) is 15.0 Å². The van der Waals surface area contributed by atoms with Crippen molar-refractivity contribution >= 4 is 28.8 Å². The molecule has 8 aromatic carbocycles. The van der Waals surface area contributed by atoms with Gasteiger partial charge in [-0.25, -0.2) is 15.0 Å². The minimum atomic E-state index is -0.491. The van der Waals surface area contributed by atoms with Crippen LogP contribution in [0.15, 0.2) is 204 Å². The number of fused-ring (bicyclic) bond motifs is 11. The third-order valence-corrected chi connectivity index (χ3v) is 14.0. The van der Waals surface area contributed by atoms with Gasteiger partial charge >= 0.3 is 0 Å². The van der Waals surface area contributed by atoms with Crippen molar-refractivity contribution in [2.75, 3.05) is 4.90 Å². The van der Waals surface area contributed by atoms with Gasteiger partial charge in [0, 0.05) is 37.6 Å². The molecular formula is C55H38N4S. The predicted molar refractivity (Wildman–Crippen MR) is 244 cm³/mol. The fourth-order valence-corrected chi connectivity index (χ4v) is 11.4. The van der Waals surface area contributed by atoms with Crippen molar-refractivity contribution in [2.45, 2.75) is 34.5 Å². The molecule has 1 aromatic heterocycles. The molecule has 9 aromatic rings. The van der Waals surface area contributed by atoms with Crippen LogP contribution < -0.4 is 4.90 Å². The summed E-state index contributed by atoms with van der Waals surface area (Å²) in [6.07, 6.45) is 0. The zero-order chi connectivity index (χ0) is 40.0. The van der Waals surface area contributed by atoms with E-state index in [1.807, 2.05) is 30.0 Å². The average Bonchev–Trinajstić information content (AvgIpc) is 3.60. The van der Waals surface area contributed by atoms with Crippen molar-refractivity contribution in [1.29, 1.82) is 0 Å². The molecule has 0 unspecified atom stereocenters. The van der Waals surface area contributed by atoms with Crippen LogP contribution in [0.5, 0.6) is 0 Å². The molecule has 284 valence electrons. The zero-order valence-corrected chi connectivity index (χ0v) is 34.0. The van der Waals surface area contributed by atoms with Gasteiger partial charge in [0.1, 0.15) is 0 Å². The van der Waals surface area contributed by atoms with Gasteiger partial charge in [-0.1, -0.05) is 177 Å². The maximum absolute atomic E-state index is 5.35. The van der Waals surface area contributed by atoms with Crippen molar-refractivity contribution < 1.29 is 0 Å². The summed E-state index contributed by atoms with van der Waals surface area (Å²) in [5, 5.41) is 0. The first kappa shape index (κ1) is 34.9. The van der Waals surface area contributed by atoms with Crippen molar-refractivity contribution in [3.8, 4) is 45.3 Å². The van der Waals surface area contributed by atoms with Gasteiger partial charge < -0.3 is 4.90 Å². The van der Waals surface area contributed by atoms with Crippen LogP contribution in [0.25, 0.3) is 45.3 Å². The fraction of sp³-hybridized carbons (Fsp3) is 0.0727. The highest BCUT2D eigenvalue weighted by molar-refractivity contribution is 7.99. The van der Waals surface area contributed by atoms with Gasteiger partial charge in [0.2, 0.25) is 0 Å². The highest BCUT2D eigenvalue weighted by Gasteiger charge is 2.50. The summed E-state index contributed by atoms with van der Waals surface area (Å²) < 4.78 is 0. The van der Waals surface area contributed by atoms with E-state index in [1.54, 1.807) is 0 Å². The molecule has 4 nitrogen and oxygen atoms in total. The van der Waals surface area contributed by atoms with E-state index >= 15 is 0 Å². The smallest absolute Gasteiger partial charge is 0.165 e. The Morgan fingerprint density at radius 2 is 0.850 bits per heavy atom. The molecule has 0 fully saturated rings. The normalized spacial score (nSPS) is 14.7. The minimum Gasteiger partial charge on any atom is -0.310 e. The van der Waals surface area contributed by atoms with Gasteiger partial charge in [-0.15, -0.1) is 0 Å². The number of hydrogen-bond donors (Lipinski definition) is 0. The number of para-hydroxylation sites is 2. The predicted octanol–water partition coefficient (Wildman–Crippen LogP) is 13.8. The molecular weight excluding hydrogens is 749 g/mol. The topological polar surface area (TPSA) is 41.9 Å². The molecule has 0 saturated heterocycles. The second kappa shape index (κ2) is 13.2. The third kappa shape index (κ3) is 4.96. The summed E-state index contributed by atoms with van der Waals surface area (Å²) in [5.74, 6) is 1.93. The summed E-state index contributed by atoms with van der Waals surface area (Å²) in [7, 11) is 0. The molecule has 5 heteroatoms. The monoisotopic (exact) mass is 786 g/mol. The Labute approximate surface area is 354 Å². The molecule has 12 rings (SSSR count). The molecule has 3 aliphatic rings. The van der Waals surface area contributed by atoms with Gasteiger partial charge in [-0.2, -0.15) is 0 Å². The van der Waals surface area contributed by atoms with Crippen LogP contribution in [-0.2, 0) is 10.8 Å². The van der Waals surface area contributed by atoms with E-state index in [1.165, 1.54) is 65.7 Å². The van der Waals surface area contributed by atoms with Gasteiger partial charge in [-0.3, -0.25) is 0 Å². The summed E-state index contributed by atoms with van der Waals surface area (Å²) in [5.41, 5.74) is 16.1. The minimum absolute atomic E-state index is 0.125.